The van der Waals surface area contributed by atoms with Crippen molar-refractivity contribution in [3.63, 3.8) is 0 Å². The molecule has 4 rings (SSSR count). The lowest BCUT2D eigenvalue weighted by Gasteiger charge is -2.39. The highest BCUT2D eigenvalue weighted by Crippen LogP contribution is 2.42. The van der Waals surface area contributed by atoms with Gasteiger partial charge in [-0.2, -0.15) is 5.26 Å². The highest BCUT2D eigenvalue weighted by atomic mass is 19.4. The summed E-state index contributed by atoms with van der Waals surface area (Å²) in [6.07, 6.45) is -2.28. The predicted molar refractivity (Wildman–Crippen MR) is 105 cm³/mol. The van der Waals surface area contributed by atoms with Crippen LogP contribution >= 0.6 is 0 Å². The van der Waals surface area contributed by atoms with Gasteiger partial charge in [-0.05, 0) is 42.0 Å². The van der Waals surface area contributed by atoms with E-state index in [4.69, 9.17) is 10.00 Å². The van der Waals surface area contributed by atoms with E-state index in [1.165, 1.54) is 30.6 Å². The molecule has 0 saturated carbocycles. The minimum Gasteiger partial charge on any atom is -0.491 e. The Bertz CT molecular complexity index is 1240. The molecule has 2 aromatic heterocycles. The Hall–Kier alpha value is -4.20. The van der Waals surface area contributed by atoms with Crippen molar-refractivity contribution in [1.29, 1.82) is 5.26 Å². The van der Waals surface area contributed by atoms with Crippen LogP contribution in [0.4, 0.5) is 17.6 Å². The fraction of sp³-hybridized carbons (Fsp3) is 0.182. The zero-order valence-corrected chi connectivity index (χ0v) is 16.7. The molecule has 0 unspecified atom stereocenters. The zero-order valence-electron chi connectivity index (χ0n) is 16.7. The third kappa shape index (κ3) is 4.41. The van der Waals surface area contributed by atoms with Crippen molar-refractivity contribution >= 4 is 5.91 Å². The lowest BCUT2D eigenvalue weighted by atomic mass is 9.81. The fourth-order valence-electron chi connectivity index (χ4n) is 3.56. The topological polar surface area (TPSA) is 97.1 Å². The van der Waals surface area contributed by atoms with E-state index >= 15 is 0 Å². The Kier molecular flexibility index (Phi) is 5.59. The number of nitriles is 1. The van der Waals surface area contributed by atoms with Crippen LogP contribution in [0.5, 0.6) is 11.5 Å². The van der Waals surface area contributed by atoms with Gasteiger partial charge in [0.15, 0.2) is 11.6 Å². The second kappa shape index (κ2) is 8.38. The van der Waals surface area contributed by atoms with Crippen molar-refractivity contribution in [2.75, 3.05) is 6.61 Å². The van der Waals surface area contributed by atoms with Crippen LogP contribution in [-0.4, -0.2) is 28.8 Å². The maximum atomic E-state index is 14.6. The number of alkyl halides is 3. The summed E-state index contributed by atoms with van der Waals surface area (Å²) >= 11 is 0. The van der Waals surface area contributed by atoms with Crippen molar-refractivity contribution in [2.45, 2.75) is 18.3 Å². The van der Waals surface area contributed by atoms with Gasteiger partial charge in [-0.3, -0.25) is 9.78 Å². The number of carbonyl (C=O) groups excluding carboxylic acids is 1. The van der Waals surface area contributed by atoms with Gasteiger partial charge in [-0.15, -0.1) is 13.2 Å². The Labute approximate surface area is 184 Å². The second-order valence-corrected chi connectivity index (χ2v) is 7.04. The van der Waals surface area contributed by atoms with Gasteiger partial charge < -0.3 is 14.8 Å². The third-order valence-corrected chi connectivity index (χ3v) is 5.01. The molecule has 1 aliphatic rings. The smallest absolute Gasteiger partial charge is 0.491 e. The lowest BCUT2D eigenvalue weighted by molar-refractivity contribution is -0.275. The van der Waals surface area contributed by atoms with Crippen molar-refractivity contribution in [2.24, 2.45) is 0 Å². The summed E-state index contributed by atoms with van der Waals surface area (Å²) in [6, 6.07) is 10.8. The molecule has 33 heavy (non-hydrogen) atoms. The number of rotatable bonds is 4. The third-order valence-electron chi connectivity index (χ3n) is 5.01. The van der Waals surface area contributed by atoms with Gasteiger partial charge >= 0.3 is 6.36 Å². The molecule has 7 nitrogen and oxygen atoms in total. The van der Waals surface area contributed by atoms with Crippen LogP contribution < -0.4 is 14.8 Å². The summed E-state index contributed by atoms with van der Waals surface area (Å²) in [5.41, 5.74) is -0.808. The monoisotopic (exact) mass is 458 g/mol. The summed E-state index contributed by atoms with van der Waals surface area (Å²) in [4.78, 5) is 21.3. The molecule has 1 aliphatic heterocycles. The van der Waals surface area contributed by atoms with Crippen molar-refractivity contribution in [3.05, 3.63) is 83.2 Å². The van der Waals surface area contributed by atoms with E-state index in [0.29, 0.717) is 5.75 Å². The molecule has 3 aromatic rings. The molecule has 1 N–H and O–H groups in total. The highest BCUT2D eigenvalue weighted by Gasteiger charge is 2.43. The number of nitrogens with zero attached hydrogens (tertiary/aromatic N) is 3. The Morgan fingerprint density at radius 3 is 2.70 bits per heavy atom. The minimum atomic E-state index is -5.07. The number of carbonyl (C=O) groups is 1. The molecule has 0 saturated heterocycles. The van der Waals surface area contributed by atoms with E-state index in [9.17, 15) is 22.4 Å². The van der Waals surface area contributed by atoms with Crippen LogP contribution in [0, 0.1) is 17.1 Å². The van der Waals surface area contributed by atoms with Crippen molar-refractivity contribution in [3.8, 4) is 17.6 Å². The van der Waals surface area contributed by atoms with Crippen molar-refractivity contribution < 1.29 is 31.8 Å². The number of benzene rings is 1. The Morgan fingerprint density at radius 1 is 1.21 bits per heavy atom. The van der Waals surface area contributed by atoms with Crippen LogP contribution in [-0.2, 0) is 5.54 Å². The number of amides is 1. The van der Waals surface area contributed by atoms with Gasteiger partial charge in [0.2, 0.25) is 0 Å². The first-order chi connectivity index (χ1) is 15.7. The standard InChI is InChI=1S/C22H14F4N4O3/c23-15-10-14(4-6-17(15)33-22(24,25)26)21(7-9-32-18-2-1-8-28-19(18)21)30-20(31)16-5-3-13(11-27)12-29-16/h1-6,8,10,12H,7,9H2,(H,30,31)/t21-/m0/s1. The van der Waals surface area contributed by atoms with Gasteiger partial charge in [-0.25, -0.2) is 9.37 Å². The van der Waals surface area contributed by atoms with Gasteiger partial charge in [0.05, 0.1) is 12.2 Å². The van der Waals surface area contributed by atoms with E-state index in [2.05, 4.69) is 20.0 Å². The first kappa shape index (κ1) is 22.0. The van der Waals surface area contributed by atoms with Crippen LogP contribution in [0.2, 0.25) is 0 Å². The maximum absolute atomic E-state index is 14.6. The zero-order chi connectivity index (χ0) is 23.6. The molecule has 0 aliphatic carbocycles. The molecular formula is C22H14F4N4O3. The first-order valence-corrected chi connectivity index (χ1v) is 9.54. The number of halogens is 4. The number of hydrogen-bond acceptors (Lipinski definition) is 6. The average Bonchev–Trinajstić information content (AvgIpc) is 2.80. The van der Waals surface area contributed by atoms with Crippen LogP contribution in [0.15, 0.2) is 54.9 Å². The second-order valence-electron chi connectivity index (χ2n) is 7.04. The molecule has 1 aromatic carbocycles. The van der Waals surface area contributed by atoms with Gasteiger partial charge in [-0.1, -0.05) is 6.07 Å². The molecule has 0 bridgehead atoms. The minimum absolute atomic E-state index is 0.0187. The summed E-state index contributed by atoms with van der Waals surface area (Å²) in [7, 11) is 0. The van der Waals surface area contributed by atoms with Crippen LogP contribution in [0.25, 0.3) is 0 Å². The molecule has 11 heteroatoms. The van der Waals surface area contributed by atoms with Crippen molar-refractivity contribution in [1.82, 2.24) is 15.3 Å². The van der Waals surface area contributed by atoms with E-state index in [-0.39, 0.29) is 35.5 Å². The molecule has 3 heterocycles. The number of ether oxygens (including phenoxy) is 2. The molecule has 0 spiro atoms. The van der Waals surface area contributed by atoms with E-state index in [1.807, 2.05) is 6.07 Å². The van der Waals surface area contributed by atoms with Gasteiger partial charge in [0, 0.05) is 18.8 Å². The lowest BCUT2D eigenvalue weighted by Crippen LogP contribution is -2.50. The number of fused-ring (bicyclic) bond motifs is 1. The number of aromatic nitrogens is 2. The van der Waals surface area contributed by atoms with E-state index in [1.54, 1.807) is 12.1 Å². The SMILES string of the molecule is N#Cc1ccc(C(=O)N[C@]2(c3ccc(OC(F)(F)F)c(F)c3)CCOc3cccnc32)nc1. The van der Waals surface area contributed by atoms with E-state index in [0.717, 1.165) is 12.1 Å². The average molecular weight is 458 g/mol. The number of nitrogens with one attached hydrogen (secondary N) is 1. The fourth-order valence-corrected chi connectivity index (χ4v) is 3.56. The summed E-state index contributed by atoms with van der Waals surface area (Å²) in [5.74, 6) is -2.60. The maximum Gasteiger partial charge on any atom is 0.573 e. The van der Waals surface area contributed by atoms with Gasteiger partial charge in [0.25, 0.3) is 5.91 Å². The first-order valence-electron chi connectivity index (χ1n) is 9.54. The molecule has 0 radical (unpaired) electrons. The Balaban J connectivity index is 1.79. The highest BCUT2D eigenvalue weighted by molar-refractivity contribution is 5.93. The summed E-state index contributed by atoms with van der Waals surface area (Å²) in [5, 5.41) is 11.7. The van der Waals surface area contributed by atoms with Crippen LogP contribution in [0.3, 0.4) is 0 Å². The summed E-state index contributed by atoms with van der Waals surface area (Å²) in [6.45, 7) is 0.113. The number of pyridine rings is 2. The quantitative estimate of drug-likeness (QED) is 0.597. The normalized spacial score (nSPS) is 17.3. The largest absolute Gasteiger partial charge is 0.573 e. The molecule has 1 amide bonds. The van der Waals surface area contributed by atoms with E-state index < -0.39 is 29.4 Å². The molecule has 0 fully saturated rings. The van der Waals surface area contributed by atoms with Crippen LogP contribution in [0.1, 0.15) is 33.7 Å². The molecular weight excluding hydrogens is 444 g/mol. The van der Waals surface area contributed by atoms with Gasteiger partial charge in [0.1, 0.15) is 28.7 Å². The Morgan fingerprint density at radius 2 is 2.03 bits per heavy atom. The molecule has 1 atom stereocenters. The molecule has 168 valence electrons. The number of hydrogen-bond donors (Lipinski definition) is 1. The summed E-state index contributed by atoms with van der Waals surface area (Å²) < 4.78 is 61.6. The predicted octanol–water partition coefficient (Wildman–Crippen LogP) is 3.84.